The second-order valence-electron chi connectivity index (χ2n) is 7.08. The third kappa shape index (κ3) is 9.45. The van der Waals surface area contributed by atoms with Crippen molar-refractivity contribution in [1.29, 1.82) is 0 Å². The molecule has 2 aromatic carbocycles. The van der Waals surface area contributed by atoms with E-state index in [0.29, 0.717) is 12.2 Å². The smallest absolute Gasteiger partial charge is 0.311 e. The lowest BCUT2D eigenvalue weighted by molar-refractivity contribution is -0.134. The number of esters is 1. The van der Waals surface area contributed by atoms with Gasteiger partial charge in [-0.25, -0.2) is 0 Å². The molecule has 0 spiro atoms. The minimum atomic E-state index is -0.165. The Hall–Kier alpha value is -2.49. The molecule has 0 N–H and O–H groups in total. The number of ether oxygens (including phenoxy) is 1. The summed E-state index contributed by atoms with van der Waals surface area (Å²) in [5, 5.41) is 8.35. The van der Waals surface area contributed by atoms with Gasteiger partial charge < -0.3 is 4.74 Å². The molecule has 0 aliphatic heterocycles. The Morgan fingerprint density at radius 2 is 1.25 bits per heavy atom. The Labute approximate surface area is 169 Å². The maximum atomic E-state index is 12.0. The van der Waals surface area contributed by atoms with Crippen LogP contribution in [0.3, 0.4) is 0 Å². The highest BCUT2D eigenvalue weighted by molar-refractivity contribution is 5.72. The number of hydrogen-bond donors (Lipinski definition) is 0. The molecule has 4 heteroatoms. The van der Waals surface area contributed by atoms with Gasteiger partial charge in [-0.1, -0.05) is 76.5 Å². The van der Waals surface area contributed by atoms with Crippen molar-refractivity contribution in [3.8, 4) is 5.75 Å². The number of hydrogen-bond acceptors (Lipinski definition) is 4. The van der Waals surface area contributed by atoms with Gasteiger partial charge in [-0.15, -0.1) is 0 Å². The molecule has 0 aromatic heterocycles. The van der Waals surface area contributed by atoms with Crippen LogP contribution in [0.4, 0.5) is 11.4 Å². The van der Waals surface area contributed by atoms with Crippen LogP contribution >= 0.6 is 0 Å². The largest absolute Gasteiger partial charge is 0.427 e. The first-order valence-corrected chi connectivity index (χ1v) is 10.6. The summed E-state index contributed by atoms with van der Waals surface area (Å²) >= 11 is 0. The van der Waals surface area contributed by atoms with E-state index >= 15 is 0 Å². The predicted molar refractivity (Wildman–Crippen MR) is 115 cm³/mol. The summed E-state index contributed by atoms with van der Waals surface area (Å²) in [5.74, 6) is 0.390. The number of unbranched alkanes of at least 4 members (excludes halogenated alkanes) is 8. The molecule has 0 fully saturated rings. The average molecular weight is 381 g/mol. The normalized spacial score (nSPS) is 11.0. The summed E-state index contributed by atoms with van der Waals surface area (Å²) in [7, 11) is 0. The van der Waals surface area contributed by atoms with E-state index in [-0.39, 0.29) is 5.97 Å². The zero-order chi connectivity index (χ0) is 19.9. The van der Waals surface area contributed by atoms with Gasteiger partial charge >= 0.3 is 5.97 Å². The molecular weight excluding hydrogens is 348 g/mol. The van der Waals surface area contributed by atoms with Crippen molar-refractivity contribution in [3.05, 3.63) is 54.6 Å². The number of rotatable bonds is 13. The van der Waals surface area contributed by atoms with Crippen LogP contribution in [0.15, 0.2) is 64.8 Å². The minimum Gasteiger partial charge on any atom is -0.427 e. The SMILES string of the molecule is CCCCCCCCCCCC(=O)Oc1ccc(/N=N/c2ccccc2)cc1. The van der Waals surface area contributed by atoms with E-state index in [2.05, 4.69) is 17.2 Å². The summed E-state index contributed by atoms with van der Waals surface area (Å²) in [5.41, 5.74) is 1.53. The van der Waals surface area contributed by atoms with Gasteiger partial charge in [-0.05, 0) is 42.8 Å². The van der Waals surface area contributed by atoms with Gasteiger partial charge in [-0.3, -0.25) is 4.79 Å². The first-order valence-electron chi connectivity index (χ1n) is 10.6. The highest BCUT2D eigenvalue weighted by Gasteiger charge is 2.05. The number of carbonyl (C=O) groups is 1. The van der Waals surface area contributed by atoms with Crippen LogP contribution in [-0.2, 0) is 4.79 Å². The predicted octanol–water partition coefficient (Wildman–Crippen LogP) is 7.93. The Morgan fingerprint density at radius 3 is 1.86 bits per heavy atom. The van der Waals surface area contributed by atoms with Crippen LogP contribution in [0.25, 0.3) is 0 Å². The fourth-order valence-electron chi connectivity index (χ4n) is 2.95. The molecule has 2 aromatic rings. The number of carbonyl (C=O) groups excluding carboxylic acids is 1. The molecule has 28 heavy (non-hydrogen) atoms. The molecule has 0 aliphatic carbocycles. The molecule has 4 nitrogen and oxygen atoms in total. The van der Waals surface area contributed by atoms with Crippen molar-refractivity contribution >= 4 is 17.3 Å². The van der Waals surface area contributed by atoms with E-state index in [1.54, 1.807) is 24.3 Å². The molecule has 0 atom stereocenters. The van der Waals surface area contributed by atoms with Gasteiger partial charge in [0.05, 0.1) is 11.4 Å². The second kappa shape index (κ2) is 13.6. The highest BCUT2D eigenvalue weighted by atomic mass is 16.5. The monoisotopic (exact) mass is 380 g/mol. The zero-order valence-corrected chi connectivity index (χ0v) is 17.0. The molecule has 0 bridgehead atoms. The second-order valence-corrected chi connectivity index (χ2v) is 7.08. The van der Waals surface area contributed by atoms with E-state index in [0.717, 1.165) is 24.2 Å². The van der Waals surface area contributed by atoms with Gasteiger partial charge in [0, 0.05) is 6.42 Å². The molecule has 0 heterocycles. The summed E-state index contributed by atoms with van der Waals surface area (Å²) in [6.45, 7) is 2.24. The van der Waals surface area contributed by atoms with E-state index in [9.17, 15) is 4.79 Å². The first-order chi connectivity index (χ1) is 13.8. The highest BCUT2D eigenvalue weighted by Crippen LogP contribution is 2.21. The van der Waals surface area contributed by atoms with Crippen molar-refractivity contribution in [3.63, 3.8) is 0 Å². The van der Waals surface area contributed by atoms with Crippen molar-refractivity contribution in [1.82, 2.24) is 0 Å². The Kier molecular flexibility index (Phi) is 10.6. The first kappa shape index (κ1) is 21.8. The third-order valence-corrected chi connectivity index (χ3v) is 4.59. The van der Waals surface area contributed by atoms with Gasteiger partial charge in [0.1, 0.15) is 5.75 Å². The van der Waals surface area contributed by atoms with Crippen LogP contribution in [0.1, 0.15) is 71.1 Å². The van der Waals surface area contributed by atoms with E-state index in [1.165, 1.54) is 44.9 Å². The molecule has 0 amide bonds. The van der Waals surface area contributed by atoms with Crippen LogP contribution < -0.4 is 4.74 Å². The van der Waals surface area contributed by atoms with Crippen LogP contribution in [0.5, 0.6) is 5.75 Å². The van der Waals surface area contributed by atoms with Crippen LogP contribution in [-0.4, -0.2) is 5.97 Å². The van der Waals surface area contributed by atoms with E-state index in [4.69, 9.17) is 4.74 Å². The molecule has 0 radical (unpaired) electrons. The summed E-state index contributed by atoms with van der Waals surface area (Å²) in [6.07, 6.45) is 11.6. The topological polar surface area (TPSA) is 51.0 Å². The zero-order valence-electron chi connectivity index (χ0n) is 17.0. The maximum absolute atomic E-state index is 12.0. The Bertz CT molecular complexity index is 696. The lowest BCUT2D eigenvalue weighted by Crippen LogP contribution is -2.07. The molecule has 150 valence electrons. The van der Waals surface area contributed by atoms with Gasteiger partial charge in [0.2, 0.25) is 0 Å². The number of azo groups is 1. The minimum absolute atomic E-state index is 0.165. The van der Waals surface area contributed by atoms with Crippen molar-refractivity contribution in [2.45, 2.75) is 71.1 Å². The average Bonchev–Trinajstić information content (AvgIpc) is 2.73. The third-order valence-electron chi connectivity index (χ3n) is 4.59. The van der Waals surface area contributed by atoms with Crippen molar-refractivity contribution < 1.29 is 9.53 Å². The number of benzene rings is 2. The van der Waals surface area contributed by atoms with Crippen molar-refractivity contribution in [2.24, 2.45) is 10.2 Å². The molecule has 2 rings (SSSR count). The molecule has 0 saturated heterocycles. The Morgan fingerprint density at radius 1 is 0.714 bits per heavy atom. The van der Waals surface area contributed by atoms with E-state index < -0.39 is 0 Å². The summed E-state index contributed by atoms with van der Waals surface area (Å²) < 4.78 is 5.39. The molecule has 0 aliphatic rings. The van der Waals surface area contributed by atoms with Crippen LogP contribution in [0.2, 0.25) is 0 Å². The van der Waals surface area contributed by atoms with Crippen LogP contribution in [0, 0.1) is 0 Å². The molecule has 0 unspecified atom stereocenters. The Balaban J connectivity index is 1.60. The van der Waals surface area contributed by atoms with Crippen molar-refractivity contribution in [2.75, 3.05) is 0 Å². The molecular formula is C24H32N2O2. The lowest BCUT2D eigenvalue weighted by Gasteiger charge is -2.05. The fraction of sp³-hybridized carbons (Fsp3) is 0.458. The molecule has 0 saturated carbocycles. The maximum Gasteiger partial charge on any atom is 0.311 e. The van der Waals surface area contributed by atoms with Gasteiger partial charge in [0.15, 0.2) is 0 Å². The lowest BCUT2D eigenvalue weighted by atomic mass is 10.1. The number of nitrogens with zero attached hydrogens (tertiary/aromatic N) is 2. The van der Waals surface area contributed by atoms with Gasteiger partial charge in [0.25, 0.3) is 0 Å². The summed E-state index contributed by atoms with van der Waals surface area (Å²) in [4.78, 5) is 12.0. The fourth-order valence-corrected chi connectivity index (χ4v) is 2.95. The van der Waals surface area contributed by atoms with E-state index in [1.807, 2.05) is 30.3 Å². The van der Waals surface area contributed by atoms with Gasteiger partial charge in [-0.2, -0.15) is 10.2 Å². The standard InChI is InChI=1S/C24H32N2O2/c1-2-3-4-5-6-7-8-9-13-16-24(27)28-23-19-17-22(18-20-23)26-25-21-14-11-10-12-15-21/h10-12,14-15,17-20H,2-9,13,16H2,1H3/b26-25+. The quantitative estimate of drug-likeness (QED) is 0.153. The summed E-state index contributed by atoms with van der Waals surface area (Å²) in [6, 6.07) is 16.7.